The van der Waals surface area contributed by atoms with Gasteiger partial charge in [0.2, 0.25) is 0 Å². The highest BCUT2D eigenvalue weighted by atomic mass is 32.1. The highest BCUT2D eigenvalue weighted by Gasteiger charge is 2.19. The first-order chi connectivity index (χ1) is 14.5. The van der Waals surface area contributed by atoms with Gasteiger partial charge in [-0.25, -0.2) is 4.98 Å². The average Bonchev–Trinajstić information content (AvgIpc) is 3.29. The number of furan rings is 1. The maximum atomic E-state index is 12.9. The number of carbonyl (C=O) groups is 1. The first kappa shape index (κ1) is 18.6. The number of aromatic nitrogens is 1. The van der Waals surface area contributed by atoms with Gasteiger partial charge in [0.25, 0.3) is 5.91 Å². The van der Waals surface area contributed by atoms with Crippen molar-refractivity contribution >= 4 is 44.1 Å². The van der Waals surface area contributed by atoms with Gasteiger partial charge in [0.05, 0.1) is 10.2 Å². The number of hydrogen-bond acceptors (Lipinski definition) is 4. The minimum Gasteiger partial charge on any atom is -0.451 e. The molecule has 30 heavy (non-hydrogen) atoms. The van der Waals surface area contributed by atoms with Crippen molar-refractivity contribution in [2.75, 3.05) is 5.32 Å². The molecule has 2 heterocycles. The van der Waals surface area contributed by atoms with Crippen molar-refractivity contribution in [3.63, 3.8) is 0 Å². The summed E-state index contributed by atoms with van der Waals surface area (Å²) in [5.74, 6) is 0.113. The van der Waals surface area contributed by atoms with Crippen molar-refractivity contribution in [1.29, 1.82) is 0 Å². The first-order valence-electron chi connectivity index (χ1n) is 9.77. The van der Waals surface area contributed by atoms with Crippen molar-refractivity contribution in [3.05, 3.63) is 83.1 Å². The molecule has 0 saturated heterocycles. The molecule has 5 heteroatoms. The van der Waals surface area contributed by atoms with Gasteiger partial charge in [-0.15, -0.1) is 11.3 Å². The predicted molar refractivity (Wildman–Crippen MR) is 123 cm³/mol. The van der Waals surface area contributed by atoms with Gasteiger partial charge < -0.3 is 9.73 Å². The summed E-state index contributed by atoms with van der Waals surface area (Å²) in [6.45, 7) is 6.00. The molecule has 0 saturated carbocycles. The van der Waals surface area contributed by atoms with Crippen LogP contribution < -0.4 is 5.32 Å². The molecule has 1 amide bonds. The Morgan fingerprint density at radius 3 is 2.53 bits per heavy atom. The fourth-order valence-corrected chi connectivity index (χ4v) is 4.86. The Bertz CT molecular complexity index is 1380. The van der Waals surface area contributed by atoms with E-state index in [1.807, 2.05) is 69.3 Å². The Hall–Kier alpha value is -3.44. The van der Waals surface area contributed by atoms with Gasteiger partial charge >= 0.3 is 0 Å². The molecule has 0 atom stereocenters. The smallest absolute Gasteiger partial charge is 0.291 e. The fraction of sp³-hybridized carbons (Fsp3) is 0.120. The molecule has 5 rings (SSSR count). The Labute approximate surface area is 178 Å². The van der Waals surface area contributed by atoms with Crippen molar-refractivity contribution in [3.8, 4) is 10.6 Å². The third-order valence-corrected chi connectivity index (χ3v) is 6.35. The van der Waals surface area contributed by atoms with Gasteiger partial charge in [-0.05, 0) is 74.4 Å². The second-order valence-electron chi connectivity index (χ2n) is 7.53. The summed E-state index contributed by atoms with van der Waals surface area (Å²) >= 11 is 1.66. The Kier molecular flexibility index (Phi) is 4.40. The van der Waals surface area contributed by atoms with Crippen LogP contribution in [-0.2, 0) is 0 Å². The predicted octanol–water partition coefficient (Wildman–Crippen LogP) is 6.89. The molecule has 148 valence electrons. The van der Waals surface area contributed by atoms with Crippen LogP contribution in [0.4, 0.5) is 5.69 Å². The summed E-state index contributed by atoms with van der Waals surface area (Å²) in [7, 11) is 0. The molecule has 0 bridgehead atoms. The second-order valence-corrected chi connectivity index (χ2v) is 8.56. The highest BCUT2D eigenvalue weighted by Crippen LogP contribution is 2.32. The highest BCUT2D eigenvalue weighted by molar-refractivity contribution is 7.21. The fourth-order valence-electron chi connectivity index (χ4n) is 3.89. The minimum absolute atomic E-state index is 0.242. The zero-order valence-corrected chi connectivity index (χ0v) is 17.8. The molecule has 0 aliphatic rings. The van der Waals surface area contributed by atoms with Crippen LogP contribution in [0.2, 0.25) is 0 Å². The van der Waals surface area contributed by atoms with Crippen LogP contribution in [0.3, 0.4) is 0 Å². The molecule has 0 aliphatic heterocycles. The zero-order chi connectivity index (χ0) is 20.8. The molecule has 5 aromatic rings. The van der Waals surface area contributed by atoms with Crippen LogP contribution in [0.5, 0.6) is 0 Å². The number of carbonyl (C=O) groups excluding carboxylic acids is 1. The molecule has 1 N–H and O–H groups in total. The van der Waals surface area contributed by atoms with Crippen LogP contribution in [0.25, 0.3) is 31.8 Å². The summed E-state index contributed by atoms with van der Waals surface area (Å²) < 4.78 is 7.06. The standard InChI is InChI=1S/C25H20N2O2S/c1-14-12-15(2)22-16(3)23(29-20(22)13-14)24(28)26-18-10-8-17(9-11-18)25-27-19-6-4-5-7-21(19)30-25/h4-13H,1-3H3,(H,26,28). The van der Waals surface area contributed by atoms with Gasteiger partial charge in [-0.2, -0.15) is 0 Å². The molecular formula is C25H20N2O2S. The maximum absolute atomic E-state index is 12.9. The normalized spacial score (nSPS) is 11.3. The zero-order valence-electron chi connectivity index (χ0n) is 16.9. The van der Waals surface area contributed by atoms with E-state index in [4.69, 9.17) is 4.42 Å². The van der Waals surface area contributed by atoms with Crippen LogP contribution >= 0.6 is 11.3 Å². The number of fused-ring (bicyclic) bond motifs is 2. The van der Waals surface area contributed by atoms with Gasteiger partial charge in [-0.3, -0.25) is 4.79 Å². The van der Waals surface area contributed by atoms with Crippen molar-refractivity contribution in [2.24, 2.45) is 0 Å². The number of nitrogens with one attached hydrogen (secondary N) is 1. The van der Waals surface area contributed by atoms with Crippen LogP contribution in [0.15, 0.2) is 65.1 Å². The Balaban J connectivity index is 1.41. The summed E-state index contributed by atoms with van der Waals surface area (Å²) in [5.41, 5.74) is 6.60. The summed E-state index contributed by atoms with van der Waals surface area (Å²) in [6.07, 6.45) is 0. The lowest BCUT2D eigenvalue weighted by Crippen LogP contribution is -2.12. The number of thiazole rings is 1. The molecule has 0 unspecified atom stereocenters. The number of nitrogens with zero attached hydrogens (tertiary/aromatic N) is 1. The molecule has 0 aliphatic carbocycles. The summed E-state index contributed by atoms with van der Waals surface area (Å²) in [4.78, 5) is 17.5. The van der Waals surface area contributed by atoms with Crippen molar-refractivity contribution < 1.29 is 9.21 Å². The number of anilines is 1. The monoisotopic (exact) mass is 412 g/mol. The van der Waals surface area contributed by atoms with Gasteiger partial charge in [-0.1, -0.05) is 18.2 Å². The molecule has 0 fully saturated rings. The van der Waals surface area contributed by atoms with E-state index in [-0.39, 0.29) is 5.91 Å². The summed E-state index contributed by atoms with van der Waals surface area (Å²) in [6, 6.07) is 19.9. The Morgan fingerprint density at radius 1 is 1.00 bits per heavy atom. The van der Waals surface area contributed by atoms with E-state index >= 15 is 0 Å². The lowest BCUT2D eigenvalue weighted by molar-refractivity contribution is 0.0998. The number of benzene rings is 3. The maximum Gasteiger partial charge on any atom is 0.291 e. The molecule has 0 spiro atoms. The SMILES string of the molecule is Cc1cc(C)c2c(C)c(C(=O)Nc3ccc(-c4nc5ccccc5s4)cc3)oc2c1. The molecule has 2 aromatic heterocycles. The van der Waals surface area contributed by atoms with E-state index in [1.165, 1.54) is 0 Å². The van der Waals surface area contributed by atoms with Crippen molar-refractivity contribution in [2.45, 2.75) is 20.8 Å². The van der Waals surface area contributed by atoms with E-state index in [9.17, 15) is 4.79 Å². The first-order valence-corrected chi connectivity index (χ1v) is 10.6. The number of amides is 1. The lowest BCUT2D eigenvalue weighted by Gasteiger charge is -2.05. The number of para-hydroxylation sites is 1. The quantitative estimate of drug-likeness (QED) is 0.351. The average molecular weight is 413 g/mol. The minimum atomic E-state index is -0.242. The van der Waals surface area contributed by atoms with Crippen molar-refractivity contribution in [1.82, 2.24) is 4.98 Å². The lowest BCUT2D eigenvalue weighted by atomic mass is 10.0. The molecule has 0 radical (unpaired) electrons. The topological polar surface area (TPSA) is 55.1 Å². The summed E-state index contributed by atoms with van der Waals surface area (Å²) in [5, 5.41) is 4.93. The third kappa shape index (κ3) is 3.17. The van der Waals surface area contributed by atoms with Gasteiger partial charge in [0.1, 0.15) is 10.6 Å². The van der Waals surface area contributed by atoms with Gasteiger partial charge in [0.15, 0.2) is 5.76 Å². The van der Waals surface area contributed by atoms with Crippen LogP contribution in [0.1, 0.15) is 27.2 Å². The van der Waals surface area contributed by atoms with E-state index < -0.39 is 0 Å². The molecule has 4 nitrogen and oxygen atoms in total. The number of aryl methyl sites for hydroxylation is 3. The Morgan fingerprint density at radius 2 is 1.77 bits per heavy atom. The molecular weight excluding hydrogens is 392 g/mol. The third-order valence-electron chi connectivity index (χ3n) is 5.26. The van der Waals surface area contributed by atoms with E-state index in [1.54, 1.807) is 11.3 Å². The second kappa shape index (κ2) is 7.11. The van der Waals surface area contributed by atoms with E-state index in [2.05, 4.69) is 22.4 Å². The largest absolute Gasteiger partial charge is 0.451 e. The van der Waals surface area contributed by atoms with E-state index in [0.29, 0.717) is 5.76 Å². The number of hydrogen-bond donors (Lipinski definition) is 1. The van der Waals surface area contributed by atoms with Gasteiger partial charge in [0, 0.05) is 22.2 Å². The number of rotatable bonds is 3. The van der Waals surface area contributed by atoms with Crippen LogP contribution in [0, 0.1) is 20.8 Å². The molecule has 3 aromatic carbocycles. The van der Waals surface area contributed by atoms with E-state index in [0.717, 1.165) is 54.1 Å². The van der Waals surface area contributed by atoms with Crippen LogP contribution in [-0.4, -0.2) is 10.9 Å².